The molecule has 0 radical (unpaired) electrons. The van der Waals surface area contributed by atoms with E-state index in [0.29, 0.717) is 12.2 Å². The number of rotatable bonds is 2. The summed E-state index contributed by atoms with van der Waals surface area (Å²) in [6, 6.07) is 10.9. The molecule has 1 saturated heterocycles. The van der Waals surface area contributed by atoms with E-state index < -0.39 is 0 Å². The number of hydrogen-bond donors (Lipinski definition) is 0. The number of aryl methyl sites for hydroxylation is 1. The van der Waals surface area contributed by atoms with Gasteiger partial charge in [0.15, 0.2) is 0 Å². The minimum absolute atomic E-state index is 0.0195. The first-order valence-corrected chi connectivity index (χ1v) is 8.66. The molecule has 122 valence electrons. The molecule has 1 aromatic carbocycles. The lowest BCUT2D eigenvalue weighted by Crippen LogP contribution is -2.33. The summed E-state index contributed by atoms with van der Waals surface area (Å²) >= 11 is 1.64. The van der Waals surface area contributed by atoms with Gasteiger partial charge >= 0.3 is 0 Å². The Labute approximate surface area is 142 Å². The molecule has 0 aliphatic carbocycles. The van der Waals surface area contributed by atoms with Crippen LogP contribution in [-0.4, -0.2) is 32.1 Å². The Hall–Kier alpha value is -2.54. The van der Waals surface area contributed by atoms with E-state index >= 15 is 0 Å². The van der Waals surface area contributed by atoms with Gasteiger partial charge in [0.1, 0.15) is 10.7 Å². The van der Waals surface area contributed by atoms with E-state index in [9.17, 15) is 9.59 Å². The van der Waals surface area contributed by atoms with Crippen LogP contribution >= 0.6 is 11.3 Å². The first-order valence-electron chi connectivity index (χ1n) is 7.84. The Morgan fingerprint density at radius 1 is 1.25 bits per heavy atom. The number of para-hydroxylation sites is 1. The quantitative estimate of drug-likeness (QED) is 0.718. The number of nitrogens with zero attached hydrogens (tertiary/aromatic N) is 4. The molecular weight excluding hydrogens is 324 g/mol. The monoisotopic (exact) mass is 340 g/mol. The molecule has 3 heterocycles. The second kappa shape index (κ2) is 5.83. The van der Waals surface area contributed by atoms with Crippen LogP contribution in [0, 0.1) is 0 Å². The Morgan fingerprint density at radius 3 is 2.88 bits per heavy atom. The summed E-state index contributed by atoms with van der Waals surface area (Å²) < 4.78 is 2.32. The van der Waals surface area contributed by atoms with Gasteiger partial charge in [-0.2, -0.15) is 5.10 Å². The first-order chi connectivity index (χ1) is 11.6. The average Bonchev–Trinajstić information content (AvgIpc) is 3.22. The highest BCUT2D eigenvalue weighted by Crippen LogP contribution is 2.36. The van der Waals surface area contributed by atoms with E-state index in [1.54, 1.807) is 18.4 Å². The topological polar surface area (TPSA) is 68.1 Å². The van der Waals surface area contributed by atoms with Crippen molar-refractivity contribution >= 4 is 27.5 Å². The molecule has 0 saturated carbocycles. The number of thiazole rings is 1. The van der Waals surface area contributed by atoms with Crippen molar-refractivity contribution in [3.63, 3.8) is 0 Å². The van der Waals surface area contributed by atoms with E-state index in [1.165, 1.54) is 16.8 Å². The summed E-state index contributed by atoms with van der Waals surface area (Å²) in [6.45, 7) is 0.684. The molecule has 7 heteroatoms. The van der Waals surface area contributed by atoms with Crippen LogP contribution in [0.15, 0.2) is 41.2 Å². The van der Waals surface area contributed by atoms with Crippen LogP contribution in [0.1, 0.15) is 34.4 Å². The summed E-state index contributed by atoms with van der Waals surface area (Å²) in [4.78, 5) is 30.8. The van der Waals surface area contributed by atoms with Crippen molar-refractivity contribution in [3.8, 4) is 0 Å². The number of benzene rings is 1. The molecule has 1 aliphatic rings. The molecule has 6 nitrogen and oxygen atoms in total. The molecule has 0 spiro atoms. The Balaban J connectivity index is 1.67. The van der Waals surface area contributed by atoms with E-state index in [-0.39, 0.29) is 17.5 Å². The third kappa shape index (κ3) is 2.50. The minimum Gasteiger partial charge on any atom is -0.328 e. The lowest BCUT2D eigenvalue weighted by atomic mass is 10.2. The van der Waals surface area contributed by atoms with Crippen LogP contribution in [0.3, 0.4) is 0 Å². The molecule has 0 N–H and O–H groups in total. The summed E-state index contributed by atoms with van der Waals surface area (Å²) in [5.74, 6) is -0.146. The molecule has 4 rings (SSSR count). The molecule has 1 fully saturated rings. The normalized spacial score (nSPS) is 17.5. The second-order valence-corrected chi connectivity index (χ2v) is 6.92. The highest BCUT2D eigenvalue weighted by atomic mass is 32.1. The van der Waals surface area contributed by atoms with Crippen molar-refractivity contribution in [2.45, 2.75) is 18.9 Å². The van der Waals surface area contributed by atoms with Gasteiger partial charge in [-0.15, -0.1) is 11.3 Å². The lowest BCUT2D eigenvalue weighted by Gasteiger charge is -2.22. The zero-order valence-corrected chi connectivity index (χ0v) is 14.0. The SMILES string of the molecule is Cn1nc(C(=O)N2CCC[C@@H]2c2nc3ccccc3s2)ccc1=O. The number of likely N-dealkylation sites (tertiary alicyclic amines) is 1. The zero-order valence-electron chi connectivity index (χ0n) is 13.2. The van der Waals surface area contributed by atoms with Gasteiger partial charge < -0.3 is 4.90 Å². The third-order valence-electron chi connectivity index (χ3n) is 4.29. The highest BCUT2D eigenvalue weighted by molar-refractivity contribution is 7.18. The third-order valence-corrected chi connectivity index (χ3v) is 5.43. The van der Waals surface area contributed by atoms with E-state index in [0.717, 1.165) is 28.1 Å². The zero-order chi connectivity index (χ0) is 16.7. The van der Waals surface area contributed by atoms with Gasteiger partial charge in [-0.25, -0.2) is 9.67 Å². The maximum absolute atomic E-state index is 12.8. The van der Waals surface area contributed by atoms with Crippen LogP contribution in [0.25, 0.3) is 10.2 Å². The fourth-order valence-corrected chi connectivity index (χ4v) is 4.18. The van der Waals surface area contributed by atoms with E-state index in [2.05, 4.69) is 5.10 Å². The largest absolute Gasteiger partial charge is 0.328 e. The Kier molecular flexibility index (Phi) is 3.65. The molecule has 2 aromatic heterocycles. The number of carbonyl (C=O) groups excluding carboxylic acids is 1. The van der Waals surface area contributed by atoms with Gasteiger partial charge in [0, 0.05) is 19.7 Å². The molecule has 24 heavy (non-hydrogen) atoms. The van der Waals surface area contributed by atoms with Gasteiger partial charge in [0.25, 0.3) is 11.5 Å². The predicted octanol–water partition coefficient (Wildman–Crippen LogP) is 2.37. The Morgan fingerprint density at radius 2 is 2.08 bits per heavy atom. The maximum atomic E-state index is 12.8. The van der Waals surface area contributed by atoms with Crippen molar-refractivity contribution in [2.24, 2.45) is 7.05 Å². The van der Waals surface area contributed by atoms with Crippen LogP contribution in [-0.2, 0) is 7.05 Å². The van der Waals surface area contributed by atoms with Gasteiger partial charge in [-0.1, -0.05) is 12.1 Å². The summed E-state index contributed by atoms with van der Waals surface area (Å²) in [6.07, 6.45) is 1.84. The number of fused-ring (bicyclic) bond motifs is 1. The number of hydrogen-bond acceptors (Lipinski definition) is 5. The maximum Gasteiger partial charge on any atom is 0.274 e. The van der Waals surface area contributed by atoms with Gasteiger partial charge in [-0.05, 0) is 31.0 Å². The lowest BCUT2D eigenvalue weighted by molar-refractivity contribution is 0.0727. The molecule has 0 unspecified atom stereocenters. The number of carbonyl (C=O) groups is 1. The summed E-state index contributed by atoms with van der Waals surface area (Å²) in [7, 11) is 1.55. The van der Waals surface area contributed by atoms with E-state index in [1.807, 2.05) is 29.2 Å². The molecule has 0 bridgehead atoms. The molecule has 1 atom stereocenters. The van der Waals surface area contributed by atoms with Crippen molar-refractivity contribution in [1.29, 1.82) is 0 Å². The van der Waals surface area contributed by atoms with Gasteiger partial charge in [0.05, 0.1) is 16.3 Å². The number of aromatic nitrogens is 3. The first kappa shape index (κ1) is 15.0. The smallest absolute Gasteiger partial charge is 0.274 e. The molecular formula is C17H16N4O2S. The molecule has 1 aliphatic heterocycles. The predicted molar refractivity (Wildman–Crippen MR) is 92.1 cm³/mol. The Bertz CT molecular complexity index is 945. The summed E-state index contributed by atoms with van der Waals surface area (Å²) in [5.41, 5.74) is 1.04. The van der Waals surface area contributed by atoms with Crippen LogP contribution in [0.4, 0.5) is 0 Å². The van der Waals surface area contributed by atoms with Crippen molar-refractivity contribution in [3.05, 3.63) is 57.5 Å². The van der Waals surface area contributed by atoms with Gasteiger partial charge in [-0.3, -0.25) is 9.59 Å². The molecule has 3 aromatic rings. The van der Waals surface area contributed by atoms with Crippen molar-refractivity contribution < 1.29 is 4.79 Å². The second-order valence-electron chi connectivity index (χ2n) is 5.86. The summed E-state index contributed by atoms with van der Waals surface area (Å²) in [5, 5.41) is 5.05. The van der Waals surface area contributed by atoms with E-state index in [4.69, 9.17) is 4.98 Å². The van der Waals surface area contributed by atoms with Crippen LogP contribution < -0.4 is 5.56 Å². The standard InChI is InChI=1S/C17H16N4O2S/c1-20-15(22)9-8-12(19-20)17(23)21-10-4-6-13(21)16-18-11-5-2-3-7-14(11)24-16/h2-3,5,7-9,13H,4,6,10H2,1H3/t13-/m1/s1. The highest BCUT2D eigenvalue weighted by Gasteiger charge is 2.33. The van der Waals surface area contributed by atoms with Crippen molar-refractivity contribution in [1.82, 2.24) is 19.7 Å². The average molecular weight is 340 g/mol. The van der Waals surface area contributed by atoms with Crippen LogP contribution in [0.2, 0.25) is 0 Å². The van der Waals surface area contributed by atoms with Crippen molar-refractivity contribution in [2.75, 3.05) is 6.54 Å². The minimum atomic E-state index is -0.226. The molecule has 1 amide bonds. The van der Waals surface area contributed by atoms with Crippen LogP contribution in [0.5, 0.6) is 0 Å². The fraction of sp³-hybridized carbons (Fsp3) is 0.294. The van der Waals surface area contributed by atoms with Gasteiger partial charge in [0.2, 0.25) is 0 Å². The number of amides is 1. The fourth-order valence-electron chi connectivity index (χ4n) is 3.06.